The van der Waals surface area contributed by atoms with E-state index in [1.165, 1.54) is 31.6 Å². The number of non-ortho nitro benzene ring substituents is 1. The second-order valence-corrected chi connectivity index (χ2v) is 5.41. The maximum atomic E-state index is 12.3. The number of aromatic nitrogens is 3. The average Bonchev–Trinajstić information content (AvgIpc) is 2.47. The fraction of sp³-hybridized carbons (Fsp3) is 0.100. The third-order valence-electron chi connectivity index (χ3n) is 2.44. The molecule has 11 heteroatoms. The highest BCUT2D eigenvalue weighted by atomic mass is 32.2. The first-order valence-corrected chi connectivity index (χ1v) is 7.05. The van der Waals surface area contributed by atoms with Gasteiger partial charge in [0.25, 0.3) is 21.7 Å². The Labute approximate surface area is 119 Å². The molecule has 0 atom stereocenters. The monoisotopic (exact) mass is 310 g/mol. The second kappa shape index (κ2) is 5.66. The maximum Gasteiger partial charge on any atom is 0.270 e. The van der Waals surface area contributed by atoms with Crippen LogP contribution in [0.15, 0.2) is 35.5 Å². The van der Waals surface area contributed by atoms with Gasteiger partial charge in [-0.1, -0.05) is 0 Å². The van der Waals surface area contributed by atoms with E-state index < -0.39 is 14.9 Å². The van der Waals surface area contributed by atoms with E-state index in [2.05, 4.69) is 25.2 Å². The second-order valence-electron chi connectivity index (χ2n) is 3.76. The van der Waals surface area contributed by atoms with E-state index in [-0.39, 0.29) is 22.2 Å². The molecule has 1 heterocycles. The van der Waals surface area contributed by atoms with Crippen molar-refractivity contribution in [2.45, 2.75) is 4.90 Å². The van der Waals surface area contributed by atoms with E-state index in [9.17, 15) is 18.5 Å². The summed E-state index contributed by atoms with van der Waals surface area (Å²) in [5.74, 6) is -0.231. The van der Waals surface area contributed by atoms with Crippen LogP contribution in [0.3, 0.4) is 0 Å². The molecular weight excluding hydrogens is 300 g/mol. The van der Waals surface area contributed by atoms with Crippen LogP contribution in [-0.2, 0) is 10.0 Å². The van der Waals surface area contributed by atoms with Gasteiger partial charge in [-0.25, -0.2) is 18.1 Å². The lowest BCUT2D eigenvalue weighted by molar-refractivity contribution is -0.385. The normalized spacial score (nSPS) is 10.9. The molecule has 0 unspecified atom stereocenters. The van der Waals surface area contributed by atoms with Crippen molar-refractivity contribution >= 4 is 27.3 Å². The van der Waals surface area contributed by atoms with Crippen molar-refractivity contribution in [1.29, 1.82) is 0 Å². The van der Waals surface area contributed by atoms with E-state index in [4.69, 9.17) is 0 Å². The number of benzene rings is 1. The van der Waals surface area contributed by atoms with Gasteiger partial charge in [-0.3, -0.25) is 10.1 Å². The Morgan fingerprint density at radius 2 is 2.05 bits per heavy atom. The molecule has 2 rings (SSSR count). The summed E-state index contributed by atoms with van der Waals surface area (Å²) in [5.41, 5.74) is -0.140. The number of nitro groups is 1. The van der Waals surface area contributed by atoms with Gasteiger partial charge < -0.3 is 5.32 Å². The lowest BCUT2D eigenvalue weighted by Crippen LogP contribution is -2.17. The first kappa shape index (κ1) is 14.6. The topological polar surface area (TPSA) is 140 Å². The first-order chi connectivity index (χ1) is 9.94. The molecule has 0 aliphatic rings. The largest absolute Gasteiger partial charge is 0.387 e. The fourth-order valence-electron chi connectivity index (χ4n) is 1.52. The number of nitrogens with zero attached hydrogens (tertiary/aromatic N) is 4. The Bertz CT molecular complexity index is 764. The Hall–Kier alpha value is -2.82. The molecule has 2 aromatic rings. The van der Waals surface area contributed by atoms with Gasteiger partial charge >= 0.3 is 0 Å². The van der Waals surface area contributed by atoms with Crippen LogP contribution in [0.2, 0.25) is 0 Å². The summed E-state index contributed by atoms with van der Waals surface area (Å²) in [5, 5.41) is 20.4. The van der Waals surface area contributed by atoms with Gasteiger partial charge in [0.05, 0.1) is 23.0 Å². The van der Waals surface area contributed by atoms with E-state index in [0.29, 0.717) is 0 Å². The number of nitro benzene ring substituents is 1. The summed E-state index contributed by atoms with van der Waals surface area (Å²) in [6.07, 6.45) is 2.54. The molecule has 1 aromatic carbocycles. The lowest BCUT2D eigenvalue weighted by atomic mass is 10.3. The predicted octanol–water partition coefficient (Wildman–Crippen LogP) is 0.622. The van der Waals surface area contributed by atoms with Crippen LogP contribution in [0.5, 0.6) is 0 Å². The lowest BCUT2D eigenvalue weighted by Gasteiger charge is -2.10. The first-order valence-electron chi connectivity index (χ1n) is 5.57. The van der Waals surface area contributed by atoms with Crippen LogP contribution in [0, 0.1) is 10.1 Å². The van der Waals surface area contributed by atoms with E-state index in [1.807, 2.05) is 0 Å². The minimum Gasteiger partial charge on any atom is -0.387 e. The van der Waals surface area contributed by atoms with Crippen molar-refractivity contribution in [3.8, 4) is 0 Å². The zero-order chi connectivity index (χ0) is 15.5. The van der Waals surface area contributed by atoms with Crippen LogP contribution in [0.25, 0.3) is 0 Å². The van der Waals surface area contributed by atoms with Gasteiger partial charge in [-0.15, -0.1) is 5.10 Å². The quantitative estimate of drug-likeness (QED) is 0.605. The van der Waals surface area contributed by atoms with E-state index in [0.717, 1.165) is 6.07 Å². The highest BCUT2D eigenvalue weighted by Gasteiger charge is 2.23. The number of anilines is 2. The van der Waals surface area contributed by atoms with Crippen molar-refractivity contribution in [2.75, 3.05) is 17.1 Å². The number of sulfonamides is 1. The molecule has 2 N–H and O–H groups in total. The third kappa shape index (κ3) is 3.20. The molecule has 0 aliphatic carbocycles. The average molecular weight is 310 g/mol. The molecule has 1 aromatic heterocycles. The van der Waals surface area contributed by atoms with Gasteiger partial charge in [-0.2, -0.15) is 5.10 Å². The van der Waals surface area contributed by atoms with Crippen LogP contribution < -0.4 is 10.0 Å². The number of hydrogen-bond donors (Lipinski definition) is 2. The zero-order valence-corrected chi connectivity index (χ0v) is 11.5. The van der Waals surface area contributed by atoms with Gasteiger partial charge in [0.15, 0.2) is 0 Å². The molecule has 110 valence electrons. The molecule has 10 nitrogen and oxygen atoms in total. The molecule has 0 radical (unpaired) electrons. The van der Waals surface area contributed by atoms with Crippen molar-refractivity contribution in [1.82, 2.24) is 15.2 Å². The third-order valence-corrected chi connectivity index (χ3v) is 3.81. The molecule has 21 heavy (non-hydrogen) atoms. The summed E-state index contributed by atoms with van der Waals surface area (Å²) in [7, 11) is -2.59. The van der Waals surface area contributed by atoms with Crippen molar-refractivity contribution in [3.63, 3.8) is 0 Å². The van der Waals surface area contributed by atoms with Gasteiger partial charge in [0.1, 0.15) is 4.90 Å². The molecule has 0 aliphatic heterocycles. The Morgan fingerprint density at radius 1 is 1.29 bits per heavy atom. The smallest absolute Gasteiger partial charge is 0.270 e. The summed E-state index contributed by atoms with van der Waals surface area (Å²) < 4.78 is 26.6. The molecule has 0 amide bonds. The standard InChI is InChI=1S/C10H10N6O4S/c1-11-8-3-2-7(16(17)18)6-9(8)21(19,20)15-10-12-4-5-13-14-10/h2-6,11H,1H3,(H,12,14,15). The van der Waals surface area contributed by atoms with E-state index >= 15 is 0 Å². The van der Waals surface area contributed by atoms with Crippen molar-refractivity contribution < 1.29 is 13.3 Å². The van der Waals surface area contributed by atoms with Crippen LogP contribution in [-0.4, -0.2) is 35.6 Å². The van der Waals surface area contributed by atoms with Gasteiger partial charge in [-0.05, 0) is 6.07 Å². The highest BCUT2D eigenvalue weighted by molar-refractivity contribution is 7.92. The van der Waals surface area contributed by atoms with Gasteiger partial charge in [0, 0.05) is 19.2 Å². The maximum absolute atomic E-state index is 12.3. The van der Waals surface area contributed by atoms with Crippen LogP contribution in [0.4, 0.5) is 17.3 Å². The minimum atomic E-state index is -4.09. The van der Waals surface area contributed by atoms with E-state index in [1.54, 1.807) is 0 Å². The summed E-state index contributed by atoms with van der Waals surface area (Å²) in [6, 6.07) is 3.45. The number of rotatable bonds is 5. The molecule has 0 saturated carbocycles. The van der Waals surface area contributed by atoms with Crippen LogP contribution in [0.1, 0.15) is 0 Å². The van der Waals surface area contributed by atoms with Gasteiger partial charge in [0.2, 0.25) is 0 Å². The Morgan fingerprint density at radius 3 is 2.62 bits per heavy atom. The summed E-state index contributed by atoms with van der Waals surface area (Å²) in [4.78, 5) is 13.5. The molecule has 0 saturated heterocycles. The molecular formula is C10H10N6O4S. The Kier molecular flexibility index (Phi) is 3.93. The Balaban J connectivity index is 2.48. The molecule has 0 fully saturated rings. The minimum absolute atomic E-state index is 0.206. The molecule has 0 bridgehead atoms. The highest BCUT2D eigenvalue weighted by Crippen LogP contribution is 2.27. The number of hydrogen-bond acceptors (Lipinski definition) is 8. The van der Waals surface area contributed by atoms with Crippen molar-refractivity contribution in [3.05, 3.63) is 40.7 Å². The zero-order valence-electron chi connectivity index (χ0n) is 10.7. The number of nitrogens with one attached hydrogen (secondary N) is 2. The SMILES string of the molecule is CNc1ccc([N+](=O)[O-])cc1S(=O)(=O)Nc1nccnn1. The van der Waals surface area contributed by atoms with Crippen molar-refractivity contribution in [2.24, 2.45) is 0 Å². The fourth-order valence-corrected chi connectivity index (χ4v) is 2.70. The molecule has 0 spiro atoms. The summed E-state index contributed by atoms with van der Waals surface area (Å²) >= 11 is 0. The summed E-state index contributed by atoms with van der Waals surface area (Å²) in [6.45, 7) is 0. The predicted molar refractivity (Wildman–Crippen MR) is 73.3 cm³/mol. The van der Waals surface area contributed by atoms with Crippen LogP contribution >= 0.6 is 0 Å².